The topological polar surface area (TPSA) is 88.9 Å². The van der Waals surface area contributed by atoms with Crippen LogP contribution in [0.2, 0.25) is 0 Å². The van der Waals surface area contributed by atoms with Crippen molar-refractivity contribution in [3.05, 3.63) is 40.8 Å². The molecule has 0 radical (unpaired) electrons. The zero-order valence-electron chi connectivity index (χ0n) is 11.5. The number of rotatable bonds is 3. The minimum absolute atomic E-state index is 0.222. The van der Waals surface area contributed by atoms with Gasteiger partial charge in [-0.3, -0.25) is 4.79 Å². The van der Waals surface area contributed by atoms with Crippen LogP contribution in [0.4, 0.5) is 0 Å². The quantitative estimate of drug-likeness (QED) is 0.760. The van der Waals surface area contributed by atoms with E-state index in [1.54, 1.807) is 32.5 Å². The van der Waals surface area contributed by atoms with Crippen LogP contribution >= 0.6 is 0 Å². The molecule has 0 aliphatic heterocycles. The summed E-state index contributed by atoms with van der Waals surface area (Å²) in [7, 11) is 3.10. The van der Waals surface area contributed by atoms with Crippen LogP contribution in [-0.2, 0) is 0 Å². The summed E-state index contributed by atoms with van der Waals surface area (Å²) in [6, 6.07) is 6.43. The standard InChI is InChI=1S/C14H13N3O4/c1-20-10-4-3-8(5-11(10)21-2)9-7-15-17-13(19)6-12(18)16-14(9)17/h3-7,19H,1-2H3,(H,16,18). The summed E-state index contributed by atoms with van der Waals surface area (Å²) in [6.45, 7) is 0. The van der Waals surface area contributed by atoms with Gasteiger partial charge in [-0.25, -0.2) is 0 Å². The Kier molecular flexibility index (Phi) is 3.02. The molecule has 1 aromatic carbocycles. The van der Waals surface area contributed by atoms with Crippen LogP contribution in [0.15, 0.2) is 35.3 Å². The van der Waals surface area contributed by atoms with Crippen LogP contribution in [0.3, 0.4) is 0 Å². The van der Waals surface area contributed by atoms with E-state index in [-0.39, 0.29) is 5.88 Å². The first-order valence-electron chi connectivity index (χ1n) is 6.16. The van der Waals surface area contributed by atoms with E-state index < -0.39 is 5.56 Å². The SMILES string of the molecule is COc1ccc(-c2cnn3c(O)cc(=O)[nH]c23)cc1OC. The minimum Gasteiger partial charge on any atom is -0.493 e. The number of hydrogen-bond donors (Lipinski definition) is 2. The zero-order chi connectivity index (χ0) is 15.0. The van der Waals surface area contributed by atoms with Gasteiger partial charge in [-0.05, 0) is 17.7 Å². The van der Waals surface area contributed by atoms with Crippen molar-refractivity contribution in [2.24, 2.45) is 0 Å². The molecule has 0 fully saturated rings. The Balaban J connectivity index is 2.23. The summed E-state index contributed by atoms with van der Waals surface area (Å²) in [6.07, 6.45) is 1.56. The van der Waals surface area contributed by atoms with Gasteiger partial charge in [-0.15, -0.1) is 0 Å². The minimum atomic E-state index is -0.401. The number of benzene rings is 1. The highest BCUT2D eigenvalue weighted by molar-refractivity contribution is 5.78. The molecule has 3 aromatic rings. The van der Waals surface area contributed by atoms with E-state index in [1.165, 1.54) is 4.52 Å². The predicted molar refractivity (Wildman–Crippen MR) is 76.0 cm³/mol. The Morgan fingerprint density at radius 1 is 1.19 bits per heavy atom. The Labute approximate surface area is 119 Å². The number of aromatic amines is 1. The van der Waals surface area contributed by atoms with Crippen molar-refractivity contribution in [1.29, 1.82) is 0 Å². The molecule has 0 spiro atoms. The van der Waals surface area contributed by atoms with Crippen LogP contribution in [0.5, 0.6) is 17.4 Å². The molecule has 0 aliphatic carbocycles. The molecule has 7 heteroatoms. The number of H-pyrrole nitrogens is 1. The van der Waals surface area contributed by atoms with E-state index in [2.05, 4.69) is 10.1 Å². The molecule has 0 saturated heterocycles. The molecular weight excluding hydrogens is 274 g/mol. The summed E-state index contributed by atoms with van der Waals surface area (Å²) in [5, 5.41) is 13.8. The van der Waals surface area contributed by atoms with Crippen LogP contribution < -0.4 is 15.0 Å². The largest absolute Gasteiger partial charge is 0.493 e. The fourth-order valence-electron chi connectivity index (χ4n) is 2.19. The second-order valence-corrected chi connectivity index (χ2v) is 4.38. The number of aromatic nitrogens is 3. The maximum atomic E-state index is 11.5. The van der Waals surface area contributed by atoms with Gasteiger partial charge in [0.05, 0.1) is 26.5 Å². The number of fused-ring (bicyclic) bond motifs is 1. The molecule has 3 rings (SSSR count). The number of aromatic hydroxyl groups is 1. The third-order valence-electron chi connectivity index (χ3n) is 3.18. The molecule has 0 amide bonds. The van der Waals surface area contributed by atoms with E-state index in [9.17, 15) is 9.90 Å². The molecule has 0 bridgehead atoms. The van der Waals surface area contributed by atoms with Crippen molar-refractivity contribution in [3.8, 4) is 28.5 Å². The van der Waals surface area contributed by atoms with Crippen molar-refractivity contribution >= 4 is 5.65 Å². The van der Waals surface area contributed by atoms with E-state index in [1.807, 2.05) is 6.07 Å². The maximum absolute atomic E-state index is 11.5. The third kappa shape index (κ3) is 2.08. The summed E-state index contributed by atoms with van der Waals surface area (Å²) >= 11 is 0. The highest BCUT2D eigenvalue weighted by atomic mass is 16.5. The molecular formula is C14H13N3O4. The van der Waals surface area contributed by atoms with Crippen molar-refractivity contribution in [2.45, 2.75) is 0 Å². The van der Waals surface area contributed by atoms with Crippen molar-refractivity contribution in [2.75, 3.05) is 14.2 Å². The van der Waals surface area contributed by atoms with Gasteiger partial charge in [0.1, 0.15) is 5.65 Å². The number of hydrogen-bond acceptors (Lipinski definition) is 5. The number of nitrogens with one attached hydrogen (secondary N) is 1. The van der Waals surface area contributed by atoms with E-state index >= 15 is 0 Å². The summed E-state index contributed by atoms with van der Waals surface area (Å²) < 4.78 is 11.7. The number of ether oxygens (including phenoxy) is 2. The highest BCUT2D eigenvalue weighted by Gasteiger charge is 2.13. The lowest BCUT2D eigenvalue weighted by atomic mass is 10.1. The molecule has 0 aliphatic rings. The van der Waals surface area contributed by atoms with Crippen LogP contribution in [-0.4, -0.2) is 33.9 Å². The van der Waals surface area contributed by atoms with Gasteiger partial charge in [0.25, 0.3) is 5.56 Å². The highest BCUT2D eigenvalue weighted by Crippen LogP contribution is 2.33. The summed E-state index contributed by atoms with van der Waals surface area (Å²) in [5.74, 6) is 0.950. The van der Waals surface area contributed by atoms with Crippen LogP contribution in [0, 0.1) is 0 Å². The lowest BCUT2D eigenvalue weighted by Gasteiger charge is -2.09. The van der Waals surface area contributed by atoms with Crippen molar-refractivity contribution in [1.82, 2.24) is 14.6 Å². The fourth-order valence-corrected chi connectivity index (χ4v) is 2.19. The van der Waals surface area contributed by atoms with Crippen molar-refractivity contribution < 1.29 is 14.6 Å². The Morgan fingerprint density at radius 3 is 2.67 bits per heavy atom. The molecule has 7 nitrogen and oxygen atoms in total. The first-order chi connectivity index (χ1) is 10.1. The molecule has 0 saturated carbocycles. The van der Waals surface area contributed by atoms with E-state index in [4.69, 9.17) is 9.47 Å². The van der Waals surface area contributed by atoms with E-state index in [0.717, 1.165) is 11.6 Å². The third-order valence-corrected chi connectivity index (χ3v) is 3.18. The predicted octanol–water partition coefficient (Wildman–Crippen LogP) is 1.41. The smallest absolute Gasteiger partial charge is 0.254 e. The first-order valence-corrected chi connectivity index (χ1v) is 6.16. The molecule has 21 heavy (non-hydrogen) atoms. The van der Waals surface area contributed by atoms with Gasteiger partial charge >= 0.3 is 0 Å². The molecule has 108 valence electrons. The first kappa shape index (κ1) is 13.0. The molecule has 2 N–H and O–H groups in total. The lowest BCUT2D eigenvalue weighted by molar-refractivity contribution is 0.355. The van der Waals surface area contributed by atoms with Gasteiger partial charge in [0, 0.05) is 5.56 Å². The fraction of sp³-hybridized carbons (Fsp3) is 0.143. The monoisotopic (exact) mass is 287 g/mol. The summed E-state index contributed by atoms with van der Waals surface area (Å²) in [4.78, 5) is 14.2. The normalized spacial score (nSPS) is 10.8. The molecule has 0 unspecified atom stereocenters. The van der Waals surface area contributed by atoms with Crippen LogP contribution in [0.25, 0.3) is 16.8 Å². The zero-order valence-corrected chi connectivity index (χ0v) is 11.5. The van der Waals surface area contributed by atoms with Gasteiger partial charge < -0.3 is 19.6 Å². The molecule has 0 atom stereocenters. The lowest BCUT2D eigenvalue weighted by Crippen LogP contribution is -2.07. The Bertz CT molecular complexity index is 866. The van der Waals surface area contributed by atoms with Gasteiger partial charge in [0.15, 0.2) is 11.5 Å². The maximum Gasteiger partial charge on any atom is 0.254 e. The van der Waals surface area contributed by atoms with Crippen molar-refractivity contribution in [3.63, 3.8) is 0 Å². The Morgan fingerprint density at radius 2 is 1.95 bits per heavy atom. The average Bonchev–Trinajstić information content (AvgIpc) is 2.90. The second-order valence-electron chi connectivity index (χ2n) is 4.38. The molecule has 2 heterocycles. The Hall–Kier alpha value is -2.96. The van der Waals surface area contributed by atoms with Gasteiger partial charge in [-0.1, -0.05) is 6.07 Å². The van der Waals surface area contributed by atoms with Gasteiger partial charge in [-0.2, -0.15) is 9.61 Å². The summed E-state index contributed by atoms with van der Waals surface area (Å²) in [5.41, 5.74) is 1.46. The van der Waals surface area contributed by atoms with E-state index in [0.29, 0.717) is 22.7 Å². The van der Waals surface area contributed by atoms with Gasteiger partial charge in [0.2, 0.25) is 5.88 Å². The average molecular weight is 287 g/mol. The number of methoxy groups -OCH3 is 2. The second kappa shape index (κ2) is 4.86. The molecule has 2 aromatic heterocycles. The number of nitrogens with zero attached hydrogens (tertiary/aromatic N) is 2. The van der Waals surface area contributed by atoms with Crippen LogP contribution in [0.1, 0.15) is 0 Å².